The quantitative estimate of drug-likeness (QED) is 0.826. The number of alkyl halides is 5. The van der Waals surface area contributed by atoms with Crippen LogP contribution in [0.2, 0.25) is 0 Å². The van der Waals surface area contributed by atoms with Crippen LogP contribution in [0.25, 0.3) is 0 Å². The minimum absolute atomic E-state index is 0.193. The molecule has 0 fully saturated rings. The van der Waals surface area contributed by atoms with Crippen LogP contribution in [-0.2, 0) is 12.1 Å². The molecule has 7 heteroatoms. The Kier molecular flexibility index (Phi) is 3.71. The van der Waals surface area contributed by atoms with Crippen molar-refractivity contribution in [1.29, 1.82) is 0 Å². The van der Waals surface area contributed by atoms with Crippen LogP contribution in [0.1, 0.15) is 17.5 Å². The SMILES string of the molecule is NCCC(F)(F)c1cc(F)ccc1C(F)(F)F. The van der Waals surface area contributed by atoms with Crippen LogP contribution in [0.15, 0.2) is 18.2 Å². The highest BCUT2D eigenvalue weighted by Gasteiger charge is 2.42. The maximum Gasteiger partial charge on any atom is 0.416 e. The fraction of sp³-hybridized carbons (Fsp3) is 0.400. The van der Waals surface area contributed by atoms with E-state index in [9.17, 15) is 26.3 Å². The van der Waals surface area contributed by atoms with Crippen LogP contribution >= 0.6 is 0 Å². The first-order valence-electron chi connectivity index (χ1n) is 4.63. The largest absolute Gasteiger partial charge is 0.416 e. The summed E-state index contributed by atoms with van der Waals surface area (Å²) in [5.41, 5.74) is 1.97. The molecule has 0 spiro atoms. The van der Waals surface area contributed by atoms with Gasteiger partial charge in [-0.05, 0) is 24.7 Å². The summed E-state index contributed by atoms with van der Waals surface area (Å²) in [4.78, 5) is 0. The molecule has 96 valence electrons. The number of halogens is 6. The molecule has 0 atom stereocenters. The zero-order valence-corrected chi connectivity index (χ0v) is 8.49. The lowest BCUT2D eigenvalue weighted by Crippen LogP contribution is -2.23. The van der Waals surface area contributed by atoms with E-state index in [-0.39, 0.29) is 6.07 Å². The van der Waals surface area contributed by atoms with Gasteiger partial charge in [-0.25, -0.2) is 13.2 Å². The minimum Gasteiger partial charge on any atom is -0.330 e. The van der Waals surface area contributed by atoms with Crippen molar-refractivity contribution in [2.45, 2.75) is 18.5 Å². The molecule has 17 heavy (non-hydrogen) atoms. The molecule has 0 amide bonds. The molecule has 0 bridgehead atoms. The summed E-state index contributed by atoms with van der Waals surface area (Å²) in [5.74, 6) is -4.95. The zero-order valence-electron chi connectivity index (χ0n) is 8.49. The predicted molar refractivity (Wildman–Crippen MR) is 49.0 cm³/mol. The summed E-state index contributed by atoms with van der Waals surface area (Å²) in [5, 5.41) is 0. The average molecular weight is 257 g/mol. The summed E-state index contributed by atoms with van der Waals surface area (Å²) in [6.45, 7) is -0.499. The van der Waals surface area contributed by atoms with Gasteiger partial charge in [0, 0.05) is 12.0 Å². The molecule has 0 unspecified atom stereocenters. The van der Waals surface area contributed by atoms with Crippen LogP contribution < -0.4 is 5.73 Å². The maximum absolute atomic E-state index is 13.4. The highest BCUT2D eigenvalue weighted by Crippen LogP contribution is 2.41. The van der Waals surface area contributed by atoms with Gasteiger partial charge >= 0.3 is 6.18 Å². The molecule has 0 aliphatic heterocycles. The molecule has 1 nitrogen and oxygen atoms in total. The molecule has 0 aliphatic carbocycles. The molecule has 1 aromatic rings. The third-order valence-corrected chi connectivity index (χ3v) is 2.14. The lowest BCUT2D eigenvalue weighted by Gasteiger charge is -2.20. The molecule has 0 saturated heterocycles. The van der Waals surface area contributed by atoms with E-state index in [1.807, 2.05) is 0 Å². The van der Waals surface area contributed by atoms with Crippen LogP contribution in [0, 0.1) is 5.82 Å². The van der Waals surface area contributed by atoms with Crippen LogP contribution in [-0.4, -0.2) is 6.54 Å². The van der Waals surface area contributed by atoms with Gasteiger partial charge in [-0.2, -0.15) is 13.2 Å². The third kappa shape index (κ3) is 3.12. The van der Waals surface area contributed by atoms with Crippen molar-refractivity contribution < 1.29 is 26.3 Å². The van der Waals surface area contributed by atoms with Gasteiger partial charge in [0.05, 0.1) is 5.56 Å². The van der Waals surface area contributed by atoms with Gasteiger partial charge in [-0.15, -0.1) is 0 Å². The van der Waals surface area contributed by atoms with E-state index in [2.05, 4.69) is 0 Å². The van der Waals surface area contributed by atoms with Gasteiger partial charge in [-0.1, -0.05) is 0 Å². The lowest BCUT2D eigenvalue weighted by molar-refractivity contribution is -0.142. The van der Waals surface area contributed by atoms with Crippen LogP contribution in [0.5, 0.6) is 0 Å². The van der Waals surface area contributed by atoms with Gasteiger partial charge in [-0.3, -0.25) is 0 Å². The molecule has 0 aliphatic rings. The van der Waals surface area contributed by atoms with E-state index >= 15 is 0 Å². The standard InChI is InChI=1S/C10H9F6N/c11-6-1-2-7(10(14,15)16)8(5-6)9(12,13)3-4-17/h1-2,5H,3-4,17H2. The molecule has 0 heterocycles. The van der Waals surface area contributed by atoms with Gasteiger partial charge in [0.1, 0.15) is 5.82 Å². The minimum atomic E-state index is -4.96. The molecular weight excluding hydrogens is 248 g/mol. The summed E-state index contributed by atoms with van der Waals surface area (Å²) in [7, 11) is 0. The predicted octanol–water partition coefficient (Wildman–Crippen LogP) is 3.29. The Morgan fingerprint density at radius 3 is 2.06 bits per heavy atom. The number of rotatable bonds is 3. The summed E-state index contributed by atoms with van der Waals surface area (Å²) >= 11 is 0. The molecule has 1 rings (SSSR count). The van der Waals surface area contributed by atoms with Gasteiger partial charge < -0.3 is 5.73 Å². The number of benzene rings is 1. The van der Waals surface area contributed by atoms with E-state index in [4.69, 9.17) is 5.73 Å². The molecule has 1 aromatic carbocycles. The maximum atomic E-state index is 13.4. The van der Waals surface area contributed by atoms with Gasteiger partial charge in [0.2, 0.25) is 0 Å². The first-order valence-corrected chi connectivity index (χ1v) is 4.63. The number of hydrogen-bond donors (Lipinski definition) is 1. The van der Waals surface area contributed by atoms with Crippen molar-refractivity contribution in [2.24, 2.45) is 5.73 Å². The van der Waals surface area contributed by atoms with E-state index in [0.717, 1.165) is 0 Å². The number of nitrogens with two attached hydrogens (primary N) is 1. The normalized spacial score (nSPS) is 12.9. The fourth-order valence-electron chi connectivity index (χ4n) is 1.38. The van der Waals surface area contributed by atoms with Crippen LogP contribution in [0.3, 0.4) is 0 Å². The first-order chi connectivity index (χ1) is 7.68. The fourth-order valence-corrected chi connectivity index (χ4v) is 1.38. The van der Waals surface area contributed by atoms with Gasteiger partial charge in [0.15, 0.2) is 0 Å². The lowest BCUT2D eigenvalue weighted by atomic mass is 9.98. The molecule has 0 aromatic heterocycles. The van der Waals surface area contributed by atoms with Crippen molar-refractivity contribution in [1.82, 2.24) is 0 Å². The molecule has 0 radical (unpaired) electrons. The second kappa shape index (κ2) is 4.56. The van der Waals surface area contributed by atoms with Crippen molar-refractivity contribution in [3.05, 3.63) is 35.1 Å². The Labute approximate surface area is 93.2 Å². The van der Waals surface area contributed by atoms with E-state index in [1.165, 1.54) is 0 Å². The Balaban J connectivity index is 3.34. The Hall–Kier alpha value is -1.24. The van der Waals surface area contributed by atoms with Gasteiger partial charge in [0.25, 0.3) is 5.92 Å². The zero-order chi connectivity index (χ0) is 13.3. The van der Waals surface area contributed by atoms with Crippen LogP contribution in [0.4, 0.5) is 26.3 Å². The van der Waals surface area contributed by atoms with E-state index < -0.39 is 42.0 Å². The van der Waals surface area contributed by atoms with Crippen molar-refractivity contribution >= 4 is 0 Å². The van der Waals surface area contributed by atoms with Crippen molar-refractivity contribution in [3.8, 4) is 0 Å². The molecule has 2 N–H and O–H groups in total. The summed E-state index contributed by atoms with van der Waals surface area (Å²) < 4.78 is 76.9. The summed E-state index contributed by atoms with van der Waals surface area (Å²) in [6, 6.07) is 0.985. The first kappa shape index (κ1) is 13.8. The Morgan fingerprint density at radius 1 is 1.00 bits per heavy atom. The van der Waals surface area contributed by atoms with Crippen molar-refractivity contribution in [3.63, 3.8) is 0 Å². The highest BCUT2D eigenvalue weighted by atomic mass is 19.4. The van der Waals surface area contributed by atoms with Crippen molar-refractivity contribution in [2.75, 3.05) is 6.54 Å². The number of hydrogen-bond acceptors (Lipinski definition) is 1. The Bertz CT molecular complexity index is 398. The topological polar surface area (TPSA) is 26.0 Å². The monoisotopic (exact) mass is 257 g/mol. The Morgan fingerprint density at radius 2 is 1.59 bits per heavy atom. The molecule has 0 saturated carbocycles. The second-order valence-corrected chi connectivity index (χ2v) is 3.43. The third-order valence-electron chi connectivity index (χ3n) is 2.14. The van der Waals surface area contributed by atoms with E-state index in [0.29, 0.717) is 12.1 Å². The second-order valence-electron chi connectivity index (χ2n) is 3.43. The average Bonchev–Trinajstić information content (AvgIpc) is 2.15. The summed E-state index contributed by atoms with van der Waals surface area (Å²) in [6.07, 6.45) is -5.93. The highest BCUT2D eigenvalue weighted by molar-refractivity contribution is 5.34. The smallest absolute Gasteiger partial charge is 0.330 e. The molecular formula is C10H9F6N. The van der Waals surface area contributed by atoms with E-state index in [1.54, 1.807) is 0 Å².